The minimum absolute atomic E-state index is 0.332. The van der Waals surface area contributed by atoms with Crippen molar-refractivity contribution in [2.45, 2.75) is 46.7 Å². The molecule has 2 heteroatoms. The molecule has 86 valence electrons. The van der Waals surface area contributed by atoms with E-state index in [0.717, 1.165) is 12.1 Å². The van der Waals surface area contributed by atoms with Gasteiger partial charge < -0.3 is 10.4 Å². The molecule has 0 bridgehead atoms. The van der Waals surface area contributed by atoms with Crippen molar-refractivity contribution in [3.05, 3.63) is 29.8 Å². The Labute approximate surface area is 93.3 Å². The fourth-order valence-corrected chi connectivity index (χ4v) is 0.988. The summed E-state index contributed by atoms with van der Waals surface area (Å²) < 4.78 is 0. The van der Waals surface area contributed by atoms with Crippen LogP contribution in [0.2, 0.25) is 0 Å². The maximum Gasteiger partial charge on any atom is 0.115 e. The van der Waals surface area contributed by atoms with Gasteiger partial charge in [-0.25, -0.2) is 0 Å². The molecule has 15 heavy (non-hydrogen) atoms. The Hall–Kier alpha value is -1.02. The molecule has 0 heterocycles. The number of nitrogens with one attached hydrogen (secondary N) is 1. The summed E-state index contributed by atoms with van der Waals surface area (Å²) in [6, 6.07) is 7.78. The lowest BCUT2D eigenvalue weighted by Gasteiger charge is -2.07. The number of hydrogen-bond acceptors (Lipinski definition) is 2. The molecule has 0 atom stereocenters. The highest BCUT2D eigenvalue weighted by Gasteiger charge is 1.95. The molecule has 0 aliphatic heterocycles. The largest absolute Gasteiger partial charge is 0.508 e. The van der Waals surface area contributed by atoms with E-state index in [1.807, 2.05) is 12.1 Å². The van der Waals surface area contributed by atoms with E-state index < -0.39 is 0 Å². The van der Waals surface area contributed by atoms with Crippen LogP contribution in [0.3, 0.4) is 0 Å². The molecule has 0 aliphatic rings. The summed E-state index contributed by atoms with van der Waals surface area (Å²) in [5.74, 6) is 0.332. The zero-order valence-electron chi connectivity index (χ0n) is 10.2. The Kier molecular flexibility index (Phi) is 7.74. The van der Waals surface area contributed by atoms with E-state index in [1.165, 1.54) is 6.42 Å². The van der Waals surface area contributed by atoms with Crippen LogP contribution in [-0.2, 0) is 6.54 Å². The predicted octanol–water partition coefficient (Wildman–Crippen LogP) is 3.31. The second-order valence-corrected chi connectivity index (χ2v) is 3.91. The van der Waals surface area contributed by atoms with Crippen LogP contribution in [0.15, 0.2) is 24.3 Å². The molecular formula is C13H23NO. The first kappa shape index (κ1) is 14.0. The molecule has 2 nitrogen and oxygen atoms in total. The van der Waals surface area contributed by atoms with Gasteiger partial charge in [-0.05, 0) is 17.7 Å². The highest BCUT2D eigenvalue weighted by atomic mass is 16.3. The second-order valence-electron chi connectivity index (χ2n) is 3.91. The average molecular weight is 209 g/mol. The van der Waals surface area contributed by atoms with Gasteiger partial charge in [0.25, 0.3) is 0 Å². The number of phenolic OH excluding ortho intramolecular Hbond substituents is 1. The van der Waals surface area contributed by atoms with Crippen molar-refractivity contribution < 1.29 is 5.11 Å². The molecule has 0 amide bonds. The van der Waals surface area contributed by atoms with Crippen LogP contribution in [0.5, 0.6) is 5.75 Å². The molecule has 0 saturated heterocycles. The number of rotatable bonds is 3. The second kappa shape index (κ2) is 8.30. The van der Waals surface area contributed by atoms with Gasteiger partial charge in [-0.2, -0.15) is 0 Å². The molecule has 1 aromatic rings. The standard InChI is InChI=1S/C10H15NO.C3H8/c1-8(2)11-7-9-4-3-5-10(12)6-9;1-3-2/h3-6,8,11-12H,7H2,1-2H3;3H2,1-2H3. The van der Waals surface area contributed by atoms with Gasteiger partial charge in [0.05, 0.1) is 0 Å². The van der Waals surface area contributed by atoms with Gasteiger partial charge in [0.1, 0.15) is 5.75 Å². The van der Waals surface area contributed by atoms with Gasteiger partial charge in [0, 0.05) is 12.6 Å². The van der Waals surface area contributed by atoms with E-state index in [-0.39, 0.29) is 0 Å². The smallest absolute Gasteiger partial charge is 0.115 e. The summed E-state index contributed by atoms with van der Waals surface area (Å²) in [6.07, 6.45) is 1.25. The summed E-state index contributed by atoms with van der Waals surface area (Å²) in [4.78, 5) is 0. The molecule has 1 aromatic carbocycles. The van der Waals surface area contributed by atoms with Crippen molar-refractivity contribution in [1.29, 1.82) is 0 Å². The van der Waals surface area contributed by atoms with E-state index in [1.54, 1.807) is 12.1 Å². The van der Waals surface area contributed by atoms with Gasteiger partial charge in [0.2, 0.25) is 0 Å². The third-order valence-corrected chi connectivity index (χ3v) is 1.62. The molecule has 0 radical (unpaired) electrons. The quantitative estimate of drug-likeness (QED) is 0.800. The molecule has 0 spiro atoms. The first-order valence-electron chi connectivity index (χ1n) is 5.61. The van der Waals surface area contributed by atoms with Gasteiger partial charge in [0.15, 0.2) is 0 Å². The predicted molar refractivity (Wildman–Crippen MR) is 66.0 cm³/mol. The molecular weight excluding hydrogens is 186 g/mol. The summed E-state index contributed by atoms with van der Waals surface area (Å²) in [5.41, 5.74) is 1.11. The van der Waals surface area contributed by atoms with Crippen molar-refractivity contribution in [3.8, 4) is 5.75 Å². The Morgan fingerprint density at radius 3 is 2.33 bits per heavy atom. The number of benzene rings is 1. The zero-order chi connectivity index (χ0) is 11.7. The summed E-state index contributed by atoms with van der Waals surface area (Å²) in [5, 5.41) is 12.4. The molecule has 0 unspecified atom stereocenters. The van der Waals surface area contributed by atoms with Crippen molar-refractivity contribution in [3.63, 3.8) is 0 Å². The first-order valence-corrected chi connectivity index (χ1v) is 5.61. The number of aromatic hydroxyl groups is 1. The van der Waals surface area contributed by atoms with Crippen molar-refractivity contribution in [1.82, 2.24) is 5.32 Å². The third-order valence-electron chi connectivity index (χ3n) is 1.62. The highest BCUT2D eigenvalue weighted by molar-refractivity contribution is 5.26. The lowest BCUT2D eigenvalue weighted by Crippen LogP contribution is -2.21. The summed E-state index contributed by atoms with van der Waals surface area (Å²) in [7, 11) is 0. The van der Waals surface area contributed by atoms with Crippen molar-refractivity contribution >= 4 is 0 Å². The maximum absolute atomic E-state index is 9.15. The SMILES string of the molecule is CC(C)NCc1cccc(O)c1.CCC. The van der Waals surface area contributed by atoms with E-state index in [4.69, 9.17) is 5.11 Å². The van der Waals surface area contributed by atoms with Crippen molar-refractivity contribution in [2.75, 3.05) is 0 Å². The fourth-order valence-electron chi connectivity index (χ4n) is 0.988. The van der Waals surface area contributed by atoms with Crippen LogP contribution in [-0.4, -0.2) is 11.1 Å². The molecule has 0 aromatic heterocycles. The summed E-state index contributed by atoms with van der Waals surface area (Å²) >= 11 is 0. The molecule has 1 rings (SSSR count). The average Bonchev–Trinajstić information content (AvgIpc) is 2.16. The Bertz CT molecular complexity index is 258. The van der Waals surface area contributed by atoms with Gasteiger partial charge in [-0.15, -0.1) is 0 Å². The lowest BCUT2D eigenvalue weighted by molar-refractivity contribution is 0.473. The van der Waals surface area contributed by atoms with E-state index >= 15 is 0 Å². The normalized spacial score (nSPS) is 9.67. The molecule has 0 fully saturated rings. The van der Waals surface area contributed by atoms with Crippen LogP contribution in [0.25, 0.3) is 0 Å². The lowest BCUT2D eigenvalue weighted by atomic mass is 10.2. The topological polar surface area (TPSA) is 32.3 Å². The van der Waals surface area contributed by atoms with Crippen LogP contribution >= 0.6 is 0 Å². The minimum atomic E-state index is 0.332. The van der Waals surface area contributed by atoms with Gasteiger partial charge >= 0.3 is 0 Å². The van der Waals surface area contributed by atoms with Crippen LogP contribution in [0.4, 0.5) is 0 Å². The van der Waals surface area contributed by atoms with Crippen LogP contribution in [0, 0.1) is 0 Å². The van der Waals surface area contributed by atoms with E-state index in [2.05, 4.69) is 33.0 Å². The summed E-state index contributed by atoms with van der Waals surface area (Å²) in [6.45, 7) is 9.26. The van der Waals surface area contributed by atoms with Gasteiger partial charge in [-0.1, -0.05) is 46.2 Å². The fraction of sp³-hybridized carbons (Fsp3) is 0.538. The van der Waals surface area contributed by atoms with Crippen molar-refractivity contribution in [2.24, 2.45) is 0 Å². The maximum atomic E-state index is 9.15. The van der Waals surface area contributed by atoms with E-state index in [0.29, 0.717) is 11.8 Å². The van der Waals surface area contributed by atoms with Gasteiger partial charge in [-0.3, -0.25) is 0 Å². The number of phenols is 1. The Morgan fingerprint density at radius 2 is 1.87 bits per heavy atom. The minimum Gasteiger partial charge on any atom is -0.508 e. The Balaban J connectivity index is 0.000000583. The van der Waals surface area contributed by atoms with E-state index in [9.17, 15) is 0 Å². The first-order chi connectivity index (χ1) is 7.10. The molecule has 0 aliphatic carbocycles. The Morgan fingerprint density at radius 1 is 1.27 bits per heavy atom. The number of hydrogen-bond donors (Lipinski definition) is 2. The highest BCUT2D eigenvalue weighted by Crippen LogP contribution is 2.10. The van der Waals surface area contributed by atoms with Crippen LogP contribution in [0.1, 0.15) is 39.7 Å². The monoisotopic (exact) mass is 209 g/mol. The third kappa shape index (κ3) is 8.01. The zero-order valence-corrected chi connectivity index (χ0v) is 10.2. The molecule has 0 saturated carbocycles. The molecule has 2 N–H and O–H groups in total. The van der Waals surface area contributed by atoms with Crippen LogP contribution < -0.4 is 5.32 Å².